The average Bonchev–Trinajstić information content (AvgIpc) is 2.33. The van der Waals surface area contributed by atoms with E-state index in [4.69, 9.17) is 5.11 Å². The van der Waals surface area contributed by atoms with Crippen LogP contribution in [0.2, 0.25) is 0 Å². The van der Waals surface area contributed by atoms with Crippen molar-refractivity contribution >= 4 is 5.82 Å². The van der Waals surface area contributed by atoms with E-state index < -0.39 is 0 Å². The molecule has 0 saturated carbocycles. The Kier molecular flexibility index (Phi) is 3.67. The van der Waals surface area contributed by atoms with Crippen molar-refractivity contribution < 1.29 is 5.11 Å². The molecular formula is C14H22N2O. The number of rotatable bonds is 2. The van der Waals surface area contributed by atoms with Crippen LogP contribution in [0.4, 0.5) is 5.82 Å². The predicted molar refractivity (Wildman–Crippen MR) is 70.1 cm³/mol. The topological polar surface area (TPSA) is 36.4 Å². The molecule has 1 aromatic rings. The molecule has 3 heteroatoms. The van der Waals surface area contributed by atoms with Crippen molar-refractivity contribution in [1.82, 2.24) is 4.98 Å². The molecule has 1 aliphatic heterocycles. The van der Waals surface area contributed by atoms with Crippen LogP contribution < -0.4 is 4.90 Å². The van der Waals surface area contributed by atoms with E-state index >= 15 is 0 Å². The lowest BCUT2D eigenvalue weighted by atomic mass is 9.92. The van der Waals surface area contributed by atoms with Gasteiger partial charge in [0.2, 0.25) is 0 Å². The zero-order valence-electron chi connectivity index (χ0n) is 11.0. The van der Waals surface area contributed by atoms with Gasteiger partial charge in [0.05, 0.1) is 6.61 Å². The Balaban J connectivity index is 2.27. The van der Waals surface area contributed by atoms with Gasteiger partial charge in [-0.15, -0.1) is 0 Å². The molecule has 94 valence electrons. The first kappa shape index (κ1) is 12.4. The zero-order chi connectivity index (χ0) is 12.4. The van der Waals surface area contributed by atoms with Crippen LogP contribution in [0.25, 0.3) is 0 Å². The summed E-state index contributed by atoms with van der Waals surface area (Å²) >= 11 is 0. The molecular weight excluding hydrogens is 212 g/mol. The highest BCUT2D eigenvalue weighted by atomic mass is 16.3. The number of aliphatic hydroxyl groups excluding tert-OH is 1. The Morgan fingerprint density at radius 1 is 1.47 bits per heavy atom. The molecule has 0 radical (unpaired) electrons. The van der Waals surface area contributed by atoms with Crippen molar-refractivity contribution in [2.24, 2.45) is 5.92 Å². The van der Waals surface area contributed by atoms with Crippen LogP contribution in [0.3, 0.4) is 0 Å². The summed E-state index contributed by atoms with van der Waals surface area (Å²) in [4.78, 5) is 6.93. The summed E-state index contributed by atoms with van der Waals surface area (Å²) in [7, 11) is 0. The Labute approximate surface area is 103 Å². The average molecular weight is 234 g/mol. The van der Waals surface area contributed by atoms with E-state index in [1.165, 1.54) is 12.8 Å². The molecule has 1 aliphatic rings. The van der Waals surface area contributed by atoms with Crippen LogP contribution in [0.5, 0.6) is 0 Å². The molecule has 2 unspecified atom stereocenters. The lowest BCUT2D eigenvalue weighted by molar-refractivity contribution is 0.281. The SMILES string of the molecule is Cc1cc(CO)cnc1N1CCCC(C)C1C. The van der Waals surface area contributed by atoms with Crippen LogP contribution in [0, 0.1) is 12.8 Å². The molecule has 1 fully saturated rings. The molecule has 0 aliphatic carbocycles. The van der Waals surface area contributed by atoms with Gasteiger partial charge in [-0.2, -0.15) is 0 Å². The van der Waals surface area contributed by atoms with Crippen molar-refractivity contribution in [3.63, 3.8) is 0 Å². The molecule has 1 N–H and O–H groups in total. The van der Waals surface area contributed by atoms with Gasteiger partial charge in [-0.1, -0.05) is 6.92 Å². The molecule has 0 aromatic carbocycles. The van der Waals surface area contributed by atoms with Gasteiger partial charge in [0.1, 0.15) is 5.82 Å². The van der Waals surface area contributed by atoms with Crippen molar-refractivity contribution in [1.29, 1.82) is 0 Å². The second kappa shape index (κ2) is 5.05. The van der Waals surface area contributed by atoms with Crippen molar-refractivity contribution in [3.05, 3.63) is 23.4 Å². The number of aliphatic hydroxyl groups is 1. The number of aromatic nitrogens is 1. The van der Waals surface area contributed by atoms with Crippen molar-refractivity contribution in [3.8, 4) is 0 Å². The number of aryl methyl sites for hydroxylation is 1. The number of hydrogen-bond acceptors (Lipinski definition) is 3. The van der Waals surface area contributed by atoms with Crippen LogP contribution >= 0.6 is 0 Å². The van der Waals surface area contributed by atoms with Crippen molar-refractivity contribution in [2.45, 2.75) is 46.3 Å². The predicted octanol–water partition coefficient (Wildman–Crippen LogP) is 2.51. The minimum atomic E-state index is 0.0695. The summed E-state index contributed by atoms with van der Waals surface area (Å²) in [6.07, 6.45) is 4.34. The van der Waals surface area contributed by atoms with Gasteiger partial charge in [-0.05, 0) is 49.8 Å². The second-order valence-electron chi connectivity index (χ2n) is 5.20. The Morgan fingerprint density at radius 3 is 2.88 bits per heavy atom. The minimum Gasteiger partial charge on any atom is -0.392 e. The summed E-state index contributed by atoms with van der Waals surface area (Å²) < 4.78 is 0. The lowest BCUT2D eigenvalue weighted by Gasteiger charge is -2.39. The van der Waals surface area contributed by atoms with E-state index in [0.29, 0.717) is 6.04 Å². The number of pyridine rings is 1. The number of anilines is 1. The standard InChI is InChI=1S/C14H22N2O/c1-10-5-4-6-16(12(10)3)14-11(2)7-13(9-17)8-15-14/h7-8,10,12,17H,4-6,9H2,1-3H3. The van der Waals surface area contributed by atoms with Crippen LogP contribution in [0.15, 0.2) is 12.3 Å². The highest BCUT2D eigenvalue weighted by Gasteiger charge is 2.26. The number of piperidine rings is 1. The molecule has 17 heavy (non-hydrogen) atoms. The highest BCUT2D eigenvalue weighted by Crippen LogP contribution is 2.29. The Hall–Kier alpha value is -1.09. The van der Waals surface area contributed by atoms with E-state index in [2.05, 4.69) is 30.7 Å². The lowest BCUT2D eigenvalue weighted by Crippen LogP contribution is -2.43. The van der Waals surface area contributed by atoms with Gasteiger partial charge in [0, 0.05) is 18.8 Å². The van der Waals surface area contributed by atoms with Gasteiger partial charge in [0.25, 0.3) is 0 Å². The van der Waals surface area contributed by atoms with Gasteiger partial charge in [-0.3, -0.25) is 0 Å². The Bertz CT molecular complexity index is 392. The molecule has 1 aromatic heterocycles. The van der Waals surface area contributed by atoms with E-state index in [9.17, 15) is 0 Å². The summed E-state index contributed by atoms with van der Waals surface area (Å²) in [6.45, 7) is 7.84. The van der Waals surface area contributed by atoms with E-state index in [0.717, 1.165) is 29.4 Å². The summed E-state index contributed by atoms with van der Waals surface area (Å²) in [5.74, 6) is 1.81. The fourth-order valence-electron chi connectivity index (χ4n) is 2.65. The second-order valence-corrected chi connectivity index (χ2v) is 5.20. The molecule has 0 bridgehead atoms. The first-order valence-electron chi connectivity index (χ1n) is 6.46. The molecule has 2 atom stereocenters. The smallest absolute Gasteiger partial charge is 0.131 e. The maximum Gasteiger partial charge on any atom is 0.131 e. The molecule has 2 rings (SSSR count). The third-order valence-electron chi connectivity index (χ3n) is 3.94. The number of nitrogens with zero attached hydrogens (tertiary/aromatic N) is 2. The third-order valence-corrected chi connectivity index (χ3v) is 3.94. The molecule has 3 nitrogen and oxygen atoms in total. The van der Waals surface area contributed by atoms with E-state index in [1.807, 2.05) is 6.07 Å². The van der Waals surface area contributed by atoms with Gasteiger partial charge in [-0.25, -0.2) is 4.98 Å². The van der Waals surface area contributed by atoms with Gasteiger partial charge in [0.15, 0.2) is 0 Å². The quantitative estimate of drug-likeness (QED) is 0.854. The normalized spacial score (nSPS) is 25.1. The monoisotopic (exact) mass is 234 g/mol. The zero-order valence-corrected chi connectivity index (χ0v) is 11.0. The molecule has 0 spiro atoms. The van der Waals surface area contributed by atoms with Gasteiger partial charge < -0.3 is 10.0 Å². The van der Waals surface area contributed by atoms with Crippen molar-refractivity contribution in [2.75, 3.05) is 11.4 Å². The first-order valence-corrected chi connectivity index (χ1v) is 6.46. The minimum absolute atomic E-state index is 0.0695. The summed E-state index contributed by atoms with van der Waals surface area (Å²) in [5.41, 5.74) is 2.06. The van der Waals surface area contributed by atoms with Crippen LogP contribution in [0.1, 0.15) is 37.8 Å². The maximum atomic E-state index is 9.10. The summed E-state index contributed by atoms with van der Waals surface area (Å²) in [5, 5.41) is 9.10. The summed E-state index contributed by atoms with van der Waals surface area (Å²) in [6, 6.07) is 2.59. The third kappa shape index (κ3) is 2.44. The fourth-order valence-corrected chi connectivity index (χ4v) is 2.65. The van der Waals surface area contributed by atoms with Crippen LogP contribution in [-0.4, -0.2) is 22.7 Å². The van der Waals surface area contributed by atoms with Crippen LogP contribution in [-0.2, 0) is 6.61 Å². The Morgan fingerprint density at radius 2 is 2.24 bits per heavy atom. The highest BCUT2D eigenvalue weighted by molar-refractivity contribution is 5.48. The molecule has 2 heterocycles. The van der Waals surface area contributed by atoms with E-state index in [1.54, 1.807) is 6.20 Å². The number of hydrogen-bond donors (Lipinski definition) is 1. The first-order chi connectivity index (χ1) is 8.13. The molecule has 1 saturated heterocycles. The largest absolute Gasteiger partial charge is 0.392 e. The molecule has 0 amide bonds. The fraction of sp³-hybridized carbons (Fsp3) is 0.643. The maximum absolute atomic E-state index is 9.10. The van der Waals surface area contributed by atoms with Gasteiger partial charge >= 0.3 is 0 Å². The van der Waals surface area contributed by atoms with E-state index in [-0.39, 0.29) is 6.61 Å².